The van der Waals surface area contributed by atoms with Gasteiger partial charge in [-0.05, 0) is 58.8 Å². The van der Waals surface area contributed by atoms with Crippen LogP contribution >= 0.6 is 15.9 Å². The molecule has 0 aliphatic heterocycles. The Morgan fingerprint density at radius 3 is 2.35 bits per heavy atom. The Hall–Kier alpha value is -0.250. The minimum absolute atomic E-state index is 0.276. The molecule has 1 rings (SSSR count). The Balaban J connectivity index is 2.24. The first-order valence-corrected chi connectivity index (χ1v) is 7.58. The molecule has 1 fully saturated rings. The molecule has 0 unspecified atom stereocenters. The van der Waals surface area contributed by atoms with E-state index in [1.54, 1.807) is 0 Å². The first-order chi connectivity index (χ1) is 7.90. The van der Waals surface area contributed by atoms with E-state index in [4.69, 9.17) is 4.74 Å². The Kier molecular flexibility index (Phi) is 5.77. The molecule has 0 atom stereocenters. The molecule has 0 spiro atoms. The lowest BCUT2D eigenvalue weighted by molar-refractivity contribution is 0.0487. The SMILES string of the molecule is CC(C)(C)OC(=O)N[C@H]1CC[C@H](CCBr)CC1. The van der Waals surface area contributed by atoms with Gasteiger partial charge in [-0.1, -0.05) is 15.9 Å². The molecule has 0 aromatic rings. The molecule has 0 radical (unpaired) electrons. The summed E-state index contributed by atoms with van der Waals surface area (Å²) in [5, 5.41) is 4.05. The summed E-state index contributed by atoms with van der Waals surface area (Å²) in [6.07, 6.45) is 5.56. The summed E-state index contributed by atoms with van der Waals surface area (Å²) in [6, 6.07) is 0.302. The van der Waals surface area contributed by atoms with Crippen LogP contribution in [-0.4, -0.2) is 23.1 Å². The molecule has 0 saturated heterocycles. The number of carbonyl (C=O) groups is 1. The number of carbonyl (C=O) groups excluding carboxylic acids is 1. The van der Waals surface area contributed by atoms with Gasteiger partial charge >= 0.3 is 6.09 Å². The van der Waals surface area contributed by atoms with E-state index >= 15 is 0 Å². The molecule has 0 aromatic heterocycles. The van der Waals surface area contributed by atoms with Crippen LogP contribution in [0.15, 0.2) is 0 Å². The monoisotopic (exact) mass is 305 g/mol. The molecule has 1 aliphatic carbocycles. The van der Waals surface area contributed by atoms with Crippen LogP contribution in [0.5, 0.6) is 0 Å². The molecule has 0 aromatic carbocycles. The number of hydrogen-bond acceptors (Lipinski definition) is 2. The maximum Gasteiger partial charge on any atom is 0.407 e. The Bertz CT molecular complexity index is 242. The molecule has 1 saturated carbocycles. The van der Waals surface area contributed by atoms with Crippen molar-refractivity contribution in [1.29, 1.82) is 0 Å². The summed E-state index contributed by atoms with van der Waals surface area (Å²) in [5.41, 5.74) is -0.406. The number of hydrogen-bond donors (Lipinski definition) is 1. The molecular weight excluding hydrogens is 282 g/mol. The lowest BCUT2D eigenvalue weighted by Gasteiger charge is -2.29. The average Bonchev–Trinajstić information content (AvgIpc) is 2.18. The van der Waals surface area contributed by atoms with E-state index in [0.29, 0.717) is 6.04 Å². The van der Waals surface area contributed by atoms with Gasteiger partial charge in [-0.3, -0.25) is 0 Å². The Labute approximate surface area is 113 Å². The van der Waals surface area contributed by atoms with Crippen LogP contribution in [0, 0.1) is 5.92 Å². The Morgan fingerprint density at radius 2 is 1.88 bits per heavy atom. The lowest BCUT2D eigenvalue weighted by atomic mass is 9.85. The molecule has 1 N–H and O–H groups in total. The minimum Gasteiger partial charge on any atom is -0.444 e. The molecule has 0 heterocycles. The highest BCUT2D eigenvalue weighted by atomic mass is 79.9. The second-order valence-electron chi connectivity index (χ2n) is 5.84. The van der Waals surface area contributed by atoms with E-state index in [1.807, 2.05) is 20.8 Å². The van der Waals surface area contributed by atoms with Gasteiger partial charge in [0.1, 0.15) is 5.60 Å². The van der Waals surface area contributed by atoms with Gasteiger partial charge < -0.3 is 10.1 Å². The third-order valence-electron chi connectivity index (χ3n) is 3.08. The third-order valence-corrected chi connectivity index (χ3v) is 3.54. The molecular formula is C13H24BrNO2. The van der Waals surface area contributed by atoms with E-state index in [9.17, 15) is 4.79 Å². The van der Waals surface area contributed by atoms with Crippen molar-refractivity contribution in [1.82, 2.24) is 5.32 Å². The highest BCUT2D eigenvalue weighted by Gasteiger charge is 2.24. The van der Waals surface area contributed by atoms with Crippen LogP contribution in [0.3, 0.4) is 0 Å². The van der Waals surface area contributed by atoms with Gasteiger partial charge in [-0.15, -0.1) is 0 Å². The summed E-state index contributed by atoms with van der Waals surface area (Å²) in [5.74, 6) is 0.825. The fourth-order valence-electron chi connectivity index (χ4n) is 2.22. The fourth-order valence-corrected chi connectivity index (χ4v) is 2.87. The normalized spacial score (nSPS) is 25.4. The maximum atomic E-state index is 11.6. The van der Waals surface area contributed by atoms with Crippen molar-refractivity contribution in [2.75, 3.05) is 5.33 Å². The fraction of sp³-hybridized carbons (Fsp3) is 0.923. The average molecular weight is 306 g/mol. The van der Waals surface area contributed by atoms with Crippen molar-refractivity contribution in [3.05, 3.63) is 0 Å². The van der Waals surface area contributed by atoms with Crippen molar-refractivity contribution in [2.24, 2.45) is 5.92 Å². The molecule has 0 bridgehead atoms. The van der Waals surface area contributed by atoms with Gasteiger partial charge in [0.25, 0.3) is 0 Å². The number of amides is 1. The summed E-state index contributed by atoms with van der Waals surface area (Å²) < 4.78 is 5.26. The van der Waals surface area contributed by atoms with Gasteiger partial charge in [0, 0.05) is 11.4 Å². The largest absolute Gasteiger partial charge is 0.444 e. The van der Waals surface area contributed by atoms with Crippen LogP contribution in [0.1, 0.15) is 52.9 Å². The highest BCUT2D eigenvalue weighted by molar-refractivity contribution is 9.09. The summed E-state index contributed by atoms with van der Waals surface area (Å²) in [4.78, 5) is 11.6. The number of nitrogens with one attached hydrogen (secondary N) is 1. The van der Waals surface area contributed by atoms with Crippen molar-refractivity contribution in [2.45, 2.75) is 64.5 Å². The zero-order valence-corrected chi connectivity index (χ0v) is 12.7. The predicted molar refractivity (Wildman–Crippen MR) is 73.5 cm³/mol. The molecule has 100 valence electrons. The highest BCUT2D eigenvalue weighted by Crippen LogP contribution is 2.27. The van der Waals surface area contributed by atoms with E-state index in [1.165, 1.54) is 19.3 Å². The standard InChI is InChI=1S/C13H24BrNO2/c1-13(2,3)17-12(16)15-11-6-4-10(5-7-11)8-9-14/h10-11H,4-9H2,1-3H3,(H,15,16)/t10-,11-. The van der Waals surface area contributed by atoms with Crippen LogP contribution in [0.25, 0.3) is 0 Å². The molecule has 1 amide bonds. The number of alkyl halides is 1. The Morgan fingerprint density at radius 1 is 1.29 bits per heavy atom. The summed E-state index contributed by atoms with van der Waals surface area (Å²) >= 11 is 3.48. The van der Waals surface area contributed by atoms with E-state index < -0.39 is 5.60 Å². The van der Waals surface area contributed by atoms with Crippen molar-refractivity contribution in [3.63, 3.8) is 0 Å². The number of ether oxygens (including phenoxy) is 1. The van der Waals surface area contributed by atoms with Crippen LogP contribution in [0.2, 0.25) is 0 Å². The first-order valence-electron chi connectivity index (χ1n) is 6.46. The minimum atomic E-state index is -0.406. The van der Waals surface area contributed by atoms with Crippen molar-refractivity contribution >= 4 is 22.0 Å². The van der Waals surface area contributed by atoms with Crippen molar-refractivity contribution in [3.8, 4) is 0 Å². The zero-order valence-electron chi connectivity index (χ0n) is 11.1. The van der Waals surface area contributed by atoms with Crippen LogP contribution in [0.4, 0.5) is 4.79 Å². The second kappa shape index (κ2) is 6.62. The van der Waals surface area contributed by atoms with E-state index in [-0.39, 0.29) is 6.09 Å². The van der Waals surface area contributed by atoms with Gasteiger partial charge in [0.2, 0.25) is 0 Å². The second-order valence-corrected chi connectivity index (χ2v) is 6.63. The van der Waals surface area contributed by atoms with Gasteiger partial charge in [0.05, 0.1) is 0 Å². The number of rotatable bonds is 3. The number of alkyl carbamates (subject to hydrolysis) is 1. The topological polar surface area (TPSA) is 38.3 Å². The quantitative estimate of drug-likeness (QED) is 0.804. The van der Waals surface area contributed by atoms with Gasteiger partial charge in [-0.2, -0.15) is 0 Å². The maximum absolute atomic E-state index is 11.6. The van der Waals surface area contributed by atoms with E-state index in [2.05, 4.69) is 21.2 Å². The van der Waals surface area contributed by atoms with Gasteiger partial charge in [0.15, 0.2) is 0 Å². The molecule has 1 aliphatic rings. The molecule has 3 nitrogen and oxygen atoms in total. The van der Waals surface area contributed by atoms with Crippen molar-refractivity contribution < 1.29 is 9.53 Å². The zero-order chi connectivity index (χ0) is 12.9. The first kappa shape index (κ1) is 14.8. The lowest BCUT2D eigenvalue weighted by Crippen LogP contribution is -2.40. The predicted octanol–water partition coefficient (Wildman–Crippen LogP) is 3.85. The number of halogens is 1. The molecule has 4 heteroatoms. The van der Waals surface area contributed by atoms with Crippen LogP contribution in [-0.2, 0) is 4.74 Å². The smallest absolute Gasteiger partial charge is 0.407 e. The van der Waals surface area contributed by atoms with Gasteiger partial charge in [-0.25, -0.2) is 4.79 Å². The van der Waals surface area contributed by atoms with E-state index in [0.717, 1.165) is 24.1 Å². The summed E-state index contributed by atoms with van der Waals surface area (Å²) in [6.45, 7) is 5.67. The third kappa shape index (κ3) is 6.29. The van der Waals surface area contributed by atoms with Crippen LogP contribution < -0.4 is 5.32 Å². The molecule has 17 heavy (non-hydrogen) atoms. The summed E-state index contributed by atoms with van der Waals surface area (Å²) in [7, 11) is 0.